The van der Waals surface area contributed by atoms with Crippen LogP contribution in [0.4, 0.5) is 0 Å². The summed E-state index contributed by atoms with van der Waals surface area (Å²) in [5.41, 5.74) is 3.95. The summed E-state index contributed by atoms with van der Waals surface area (Å²) in [4.78, 5) is 5.28. The van der Waals surface area contributed by atoms with E-state index in [0.717, 1.165) is 19.6 Å². The molecule has 6 heteroatoms. The summed E-state index contributed by atoms with van der Waals surface area (Å²) in [7, 11) is 2.03. The summed E-state index contributed by atoms with van der Waals surface area (Å²) in [5, 5.41) is 8.94. The average molecular weight is 328 g/mol. The molecular formula is C18H28N6. The van der Waals surface area contributed by atoms with E-state index in [4.69, 9.17) is 0 Å². The Balaban J connectivity index is 1.55. The molecule has 0 N–H and O–H groups in total. The minimum absolute atomic E-state index is 0.587. The molecule has 0 aromatic carbocycles. The van der Waals surface area contributed by atoms with Crippen molar-refractivity contribution in [3.05, 3.63) is 35.4 Å². The van der Waals surface area contributed by atoms with Crippen molar-refractivity contribution in [1.29, 1.82) is 0 Å². The number of nitrogens with zero attached hydrogens (tertiary/aromatic N) is 6. The number of likely N-dealkylation sites (tertiary alicyclic amines) is 1. The molecule has 0 radical (unpaired) electrons. The standard InChI is InChI=1S/C18H28N6/c1-15-16(11-20-21(15)2)12-23-14-18-5-7-19-24(18)10-6-17(23)13-22-8-3-4-9-22/h5,7,11,17H,3-4,6,8-10,12-14H2,1-2H3. The van der Waals surface area contributed by atoms with E-state index in [-0.39, 0.29) is 0 Å². The first-order chi connectivity index (χ1) is 11.7. The molecule has 24 heavy (non-hydrogen) atoms. The molecule has 0 amide bonds. The molecule has 2 aliphatic rings. The molecular weight excluding hydrogens is 300 g/mol. The van der Waals surface area contributed by atoms with Gasteiger partial charge in [0.1, 0.15) is 0 Å². The van der Waals surface area contributed by atoms with Crippen LogP contribution in [0.3, 0.4) is 0 Å². The minimum atomic E-state index is 0.587. The summed E-state index contributed by atoms with van der Waals surface area (Å²) in [6, 6.07) is 2.76. The van der Waals surface area contributed by atoms with Crippen LogP contribution in [0, 0.1) is 6.92 Å². The van der Waals surface area contributed by atoms with Gasteiger partial charge in [-0.1, -0.05) is 0 Å². The topological polar surface area (TPSA) is 42.1 Å². The van der Waals surface area contributed by atoms with Gasteiger partial charge < -0.3 is 4.90 Å². The van der Waals surface area contributed by atoms with Crippen LogP contribution in [0.25, 0.3) is 0 Å². The molecule has 2 aromatic heterocycles. The van der Waals surface area contributed by atoms with Crippen molar-refractivity contribution in [1.82, 2.24) is 29.4 Å². The molecule has 0 aliphatic carbocycles. The normalized spacial score (nSPS) is 22.7. The highest BCUT2D eigenvalue weighted by Crippen LogP contribution is 2.23. The fraction of sp³-hybridized carbons (Fsp3) is 0.667. The Labute approximate surface area is 144 Å². The zero-order valence-corrected chi connectivity index (χ0v) is 14.9. The van der Waals surface area contributed by atoms with Crippen LogP contribution in [-0.4, -0.2) is 55.0 Å². The highest BCUT2D eigenvalue weighted by Gasteiger charge is 2.27. The molecule has 1 atom stereocenters. The van der Waals surface area contributed by atoms with E-state index in [1.165, 1.54) is 55.8 Å². The second-order valence-electron chi connectivity index (χ2n) is 7.28. The van der Waals surface area contributed by atoms with Gasteiger partial charge in [0.15, 0.2) is 0 Å². The Morgan fingerprint density at radius 2 is 2.00 bits per heavy atom. The maximum atomic E-state index is 4.51. The number of hydrogen-bond donors (Lipinski definition) is 0. The first kappa shape index (κ1) is 15.8. The smallest absolute Gasteiger partial charge is 0.0537 e. The van der Waals surface area contributed by atoms with Crippen molar-refractivity contribution in [3.63, 3.8) is 0 Å². The molecule has 1 unspecified atom stereocenters. The first-order valence-electron chi connectivity index (χ1n) is 9.15. The van der Waals surface area contributed by atoms with E-state index in [0.29, 0.717) is 6.04 Å². The highest BCUT2D eigenvalue weighted by atomic mass is 15.3. The second-order valence-corrected chi connectivity index (χ2v) is 7.28. The van der Waals surface area contributed by atoms with Crippen LogP contribution >= 0.6 is 0 Å². The quantitative estimate of drug-likeness (QED) is 0.858. The molecule has 1 saturated heterocycles. The number of aryl methyl sites for hydroxylation is 2. The molecule has 6 nitrogen and oxygen atoms in total. The Morgan fingerprint density at radius 3 is 2.75 bits per heavy atom. The van der Waals surface area contributed by atoms with Crippen molar-refractivity contribution in [2.45, 2.75) is 51.9 Å². The summed E-state index contributed by atoms with van der Waals surface area (Å²) in [6.45, 7) is 8.87. The van der Waals surface area contributed by atoms with Gasteiger partial charge in [-0.25, -0.2) is 0 Å². The lowest BCUT2D eigenvalue weighted by Crippen LogP contribution is -2.42. The van der Waals surface area contributed by atoms with E-state index in [2.05, 4.69) is 37.7 Å². The van der Waals surface area contributed by atoms with Crippen LogP contribution in [0.15, 0.2) is 18.5 Å². The lowest BCUT2D eigenvalue weighted by molar-refractivity contribution is 0.133. The molecule has 2 aromatic rings. The Bertz CT molecular complexity index is 681. The lowest BCUT2D eigenvalue weighted by Gasteiger charge is -2.32. The Kier molecular flexibility index (Phi) is 4.41. The molecule has 0 bridgehead atoms. The summed E-state index contributed by atoms with van der Waals surface area (Å²) in [6.07, 6.45) is 7.85. The third kappa shape index (κ3) is 3.13. The Hall–Kier alpha value is -1.66. The lowest BCUT2D eigenvalue weighted by atomic mass is 10.1. The van der Waals surface area contributed by atoms with E-state index >= 15 is 0 Å². The number of fused-ring (bicyclic) bond motifs is 1. The Morgan fingerprint density at radius 1 is 1.17 bits per heavy atom. The maximum Gasteiger partial charge on any atom is 0.0537 e. The van der Waals surface area contributed by atoms with Gasteiger partial charge in [0, 0.05) is 56.7 Å². The second kappa shape index (κ2) is 6.69. The number of rotatable bonds is 4. The number of hydrogen-bond acceptors (Lipinski definition) is 4. The minimum Gasteiger partial charge on any atom is -0.302 e. The van der Waals surface area contributed by atoms with Gasteiger partial charge in [-0.15, -0.1) is 0 Å². The van der Waals surface area contributed by atoms with E-state index in [1.54, 1.807) is 0 Å². The van der Waals surface area contributed by atoms with Crippen molar-refractivity contribution in [2.75, 3.05) is 19.6 Å². The van der Waals surface area contributed by atoms with Crippen molar-refractivity contribution in [3.8, 4) is 0 Å². The molecule has 0 spiro atoms. The van der Waals surface area contributed by atoms with Gasteiger partial charge in [0.05, 0.1) is 11.9 Å². The van der Waals surface area contributed by atoms with E-state index in [9.17, 15) is 0 Å². The molecule has 4 heterocycles. The zero-order valence-electron chi connectivity index (χ0n) is 14.9. The number of aromatic nitrogens is 4. The van der Waals surface area contributed by atoms with Gasteiger partial charge in [-0.05, 0) is 45.3 Å². The van der Waals surface area contributed by atoms with E-state index < -0.39 is 0 Å². The van der Waals surface area contributed by atoms with Gasteiger partial charge in [-0.2, -0.15) is 10.2 Å². The van der Waals surface area contributed by atoms with Crippen molar-refractivity contribution in [2.24, 2.45) is 7.05 Å². The summed E-state index contributed by atoms with van der Waals surface area (Å²) < 4.78 is 4.17. The zero-order chi connectivity index (χ0) is 16.5. The predicted molar refractivity (Wildman–Crippen MR) is 93.5 cm³/mol. The molecule has 0 saturated carbocycles. The largest absolute Gasteiger partial charge is 0.302 e. The van der Waals surface area contributed by atoms with Gasteiger partial charge in [0.25, 0.3) is 0 Å². The first-order valence-corrected chi connectivity index (χ1v) is 9.15. The molecule has 130 valence electrons. The van der Waals surface area contributed by atoms with Crippen LogP contribution in [0.1, 0.15) is 36.2 Å². The average Bonchev–Trinajstić information content (AvgIpc) is 3.28. The van der Waals surface area contributed by atoms with Gasteiger partial charge in [0.2, 0.25) is 0 Å². The highest BCUT2D eigenvalue weighted by molar-refractivity contribution is 5.16. The van der Waals surface area contributed by atoms with Crippen LogP contribution in [0.5, 0.6) is 0 Å². The monoisotopic (exact) mass is 328 g/mol. The van der Waals surface area contributed by atoms with Gasteiger partial charge in [-0.3, -0.25) is 14.3 Å². The summed E-state index contributed by atoms with van der Waals surface area (Å²) in [5.74, 6) is 0. The molecule has 2 aliphatic heterocycles. The van der Waals surface area contributed by atoms with Crippen LogP contribution in [-0.2, 0) is 26.7 Å². The predicted octanol–water partition coefficient (Wildman–Crippen LogP) is 1.80. The fourth-order valence-corrected chi connectivity index (χ4v) is 4.06. The van der Waals surface area contributed by atoms with E-state index in [1.807, 2.05) is 24.1 Å². The summed E-state index contributed by atoms with van der Waals surface area (Å²) >= 11 is 0. The molecule has 4 rings (SSSR count). The SMILES string of the molecule is Cc1c(CN2Cc3ccnn3CCC2CN2CCCC2)cnn1C. The van der Waals surface area contributed by atoms with Crippen LogP contribution < -0.4 is 0 Å². The van der Waals surface area contributed by atoms with Crippen molar-refractivity contribution >= 4 is 0 Å². The third-order valence-corrected chi connectivity index (χ3v) is 5.74. The van der Waals surface area contributed by atoms with Gasteiger partial charge >= 0.3 is 0 Å². The van der Waals surface area contributed by atoms with Crippen LogP contribution in [0.2, 0.25) is 0 Å². The maximum absolute atomic E-state index is 4.51. The third-order valence-electron chi connectivity index (χ3n) is 5.74. The fourth-order valence-electron chi connectivity index (χ4n) is 4.06. The molecule has 1 fully saturated rings. The van der Waals surface area contributed by atoms with Crippen molar-refractivity contribution < 1.29 is 0 Å².